The minimum Gasteiger partial charge on any atom is -0.399 e. The van der Waals surface area contributed by atoms with Gasteiger partial charge in [0.15, 0.2) is 0 Å². The number of nitrogen functional groups attached to an aromatic ring is 1. The van der Waals surface area contributed by atoms with Crippen LogP contribution in [0.15, 0.2) is 18.2 Å². The van der Waals surface area contributed by atoms with E-state index in [4.69, 9.17) is 15.2 Å². The largest absolute Gasteiger partial charge is 0.399 e. The van der Waals surface area contributed by atoms with Gasteiger partial charge in [-0.05, 0) is 31.5 Å². The lowest BCUT2D eigenvalue weighted by molar-refractivity contribution is 0.0938. The van der Waals surface area contributed by atoms with E-state index in [0.717, 1.165) is 25.3 Å². The van der Waals surface area contributed by atoms with Gasteiger partial charge in [0.2, 0.25) is 0 Å². The van der Waals surface area contributed by atoms with E-state index in [0.29, 0.717) is 31.0 Å². The Morgan fingerprint density at radius 1 is 1.29 bits per heavy atom. The number of benzene rings is 1. The number of hydrogen-bond acceptors (Lipinski definition) is 5. The van der Waals surface area contributed by atoms with Crippen LogP contribution in [0, 0.1) is 0 Å². The standard InChI is InChI=1S/C15H25N3O3/c1-3-21-9-4-7-17-14-6-5-12(16)11-13(14)15(19)18-8-10-20-2/h5-6,11,17H,3-4,7-10,16H2,1-2H3,(H,18,19). The second kappa shape index (κ2) is 10.0. The molecule has 0 saturated carbocycles. The van der Waals surface area contributed by atoms with Crippen molar-refractivity contribution in [1.82, 2.24) is 5.32 Å². The molecule has 0 aliphatic carbocycles. The highest BCUT2D eigenvalue weighted by Gasteiger charge is 2.11. The fourth-order valence-corrected chi connectivity index (χ4v) is 1.81. The minimum atomic E-state index is -0.161. The van der Waals surface area contributed by atoms with Crippen molar-refractivity contribution < 1.29 is 14.3 Å². The van der Waals surface area contributed by atoms with Crippen molar-refractivity contribution in [1.29, 1.82) is 0 Å². The maximum atomic E-state index is 12.1. The third-order valence-electron chi connectivity index (χ3n) is 2.87. The van der Waals surface area contributed by atoms with Crippen LogP contribution in [0.2, 0.25) is 0 Å². The van der Waals surface area contributed by atoms with E-state index in [2.05, 4.69) is 10.6 Å². The lowest BCUT2D eigenvalue weighted by Crippen LogP contribution is -2.28. The SMILES string of the molecule is CCOCCCNc1ccc(N)cc1C(=O)NCCOC. The number of nitrogens with one attached hydrogen (secondary N) is 2. The summed E-state index contributed by atoms with van der Waals surface area (Å²) in [6.07, 6.45) is 0.878. The van der Waals surface area contributed by atoms with E-state index < -0.39 is 0 Å². The average molecular weight is 295 g/mol. The van der Waals surface area contributed by atoms with Crippen LogP contribution in [-0.2, 0) is 9.47 Å². The first-order valence-corrected chi connectivity index (χ1v) is 7.17. The molecule has 6 nitrogen and oxygen atoms in total. The lowest BCUT2D eigenvalue weighted by Gasteiger charge is -2.13. The number of anilines is 2. The van der Waals surface area contributed by atoms with E-state index in [9.17, 15) is 4.79 Å². The van der Waals surface area contributed by atoms with Crippen molar-refractivity contribution in [3.63, 3.8) is 0 Å². The Kier molecular flexibility index (Phi) is 8.23. The molecule has 0 aliphatic rings. The van der Waals surface area contributed by atoms with Crippen LogP contribution in [0.5, 0.6) is 0 Å². The smallest absolute Gasteiger partial charge is 0.253 e. The van der Waals surface area contributed by atoms with Crippen molar-refractivity contribution in [2.45, 2.75) is 13.3 Å². The molecule has 1 rings (SSSR count). The van der Waals surface area contributed by atoms with Crippen LogP contribution in [0.3, 0.4) is 0 Å². The van der Waals surface area contributed by atoms with Crippen molar-refractivity contribution in [3.05, 3.63) is 23.8 Å². The Balaban J connectivity index is 2.59. The lowest BCUT2D eigenvalue weighted by atomic mass is 10.1. The molecule has 0 radical (unpaired) electrons. The van der Waals surface area contributed by atoms with Crippen LogP contribution in [-0.4, -0.2) is 45.9 Å². The van der Waals surface area contributed by atoms with Gasteiger partial charge in [-0.1, -0.05) is 0 Å². The van der Waals surface area contributed by atoms with Gasteiger partial charge in [0, 0.05) is 44.8 Å². The molecule has 118 valence electrons. The van der Waals surface area contributed by atoms with Gasteiger partial charge in [-0.2, -0.15) is 0 Å². The topological polar surface area (TPSA) is 85.6 Å². The summed E-state index contributed by atoms with van der Waals surface area (Å²) in [5.41, 5.74) is 7.64. The molecule has 0 aliphatic heterocycles. The summed E-state index contributed by atoms with van der Waals surface area (Å²) in [4.78, 5) is 12.1. The van der Waals surface area contributed by atoms with Gasteiger partial charge in [0.25, 0.3) is 5.91 Å². The van der Waals surface area contributed by atoms with Crippen LogP contribution in [0.4, 0.5) is 11.4 Å². The number of carbonyl (C=O) groups excluding carboxylic acids is 1. The number of rotatable bonds is 10. The van der Waals surface area contributed by atoms with E-state index >= 15 is 0 Å². The third-order valence-corrected chi connectivity index (χ3v) is 2.87. The average Bonchev–Trinajstić information content (AvgIpc) is 2.48. The molecule has 0 atom stereocenters. The number of ether oxygens (including phenoxy) is 2. The molecule has 1 aromatic rings. The summed E-state index contributed by atoms with van der Waals surface area (Å²) in [6, 6.07) is 5.27. The first-order valence-electron chi connectivity index (χ1n) is 7.17. The minimum absolute atomic E-state index is 0.161. The molecule has 4 N–H and O–H groups in total. The summed E-state index contributed by atoms with van der Waals surface area (Å²) in [6.45, 7) is 5.07. The van der Waals surface area contributed by atoms with Gasteiger partial charge in [-0.3, -0.25) is 4.79 Å². The van der Waals surface area contributed by atoms with E-state index in [-0.39, 0.29) is 5.91 Å². The number of amides is 1. The Labute approximate surface area is 126 Å². The van der Waals surface area contributed by atoms with Gasteiger partial charge >= 0.3 is 0 Å². The summed E-state index contributed by atoms with van der Waals surface area (Å²) < 4.78 is 10.2. The first-order chi connectivity index (χ1) is 10.2. The van der Waals surface area contributed by atoms with E-state index in [1.807, 2.05) is 13.0 Å². The highest BCUT2D eigenvalue weighted by molar-refractivity contribution is 6.00. The maximum absolute atomic E-state index is 12.1. The quantitative estimate of drug-likeness (QED) is 0.450. The van der Waals surface area contributed by atoms with Crippen molar-refractivity contribution in [2.75, 3.05) is 51.1 Å². The van der Waals surface area contributed by atoms with E-state index in [1.54, 1.807) is 19.2 Å². The Hall–Kier alpha value is -1.79. The van der Waals surface area contributed by atoms with Crippen molar-refractivity contribution in [3.8, 4) is 0 Å². The maximum Gasteiger partial charge on any atom is 0.253 e. The summed E-state index contributed by atoms with van der Waals surface area (Å²) in [7, 11) is 1.60. The monoisotopic (exact) mass is 295 g/mol. The van der Waals surface area contributed by atoms with Gasteiger partial charge in [-0.25, -0.2) is 0 Å². The zero-order valence-electron chi connectivity index (χ0n) is 12.8. The van der Waals surface area contributed by atoms with Crippen LogP contribution in [0.1, 0.15) is 23.7 Å². The molecule has 0 saturated heterocycles. The van der Waals surface area contributed by atoms with Gasteiger partial charge in [0.05, 0.1) is 12.2 Å². The third kappa shape index (κ3) is 6.46. The number of hydrogen-bond donors (Lipinski definition) is 3. The van der Waals surface area contributed by atoms with Crippen molar-refractivity contribution >= 4 is 17.3 Å². The normalized spacial score (nSPS) is 10.4. The van der Waals surface area contributed by atoms with Gasteiger partial charge in [0.1, 0.15) is 0 Å². The molecule has 1 amide bonds. The number of methoxy groups -OCH3 is 1. The molecule has 1 aromatic carbocycles. The highest BCUT2D eigenvalue weighted by atomic mass is 16.5. The Bertz CT molecular complexity index is 438. The molecule has 0 aromatic heterocycles. The highest BCUT2D eigenvalue weighted by Crippen LogP contribution is 2.19. The number of carbonyl (C=O) groups is 1. The van der Waals surface area contributed by atoms with Crippen LogP contribution in [0.25, 0.3) is 0 Å². The molecule has 21 heavy (non-hydrogen) atoms. The fraction of sp³-hybridized carbons (Fsp3) is 0.533. The Morgan fingerprint density at radius 3 is 2.81 bits per heavy atom. The van der Waals surface area contributed by atoms with Crippen LogP contribution >= 0.6 is 0 Å². The number of nitrogens with two attached hydrogens (primary N) is 1. The second-order valence-corrected chi connectivity index (χ2v) is 4.53. The predicted molar refractivity (Wildman–Crippen MR) is 84.7 cm³/mol. The first kappa shape index (κ1) is 17.3. The molecular weight excluding hydrogens is 270 g/mol. The molecule has 0 heterocycles. The van der Waals surface area contributed by atoms with Gasteiger partial charge in [-0.15, -0.1) is 0 Å². The molecule has 0 spiro atoms. The van der Waals surface area contributed by atoms with Crippen LogP contribution < -0.4 is 16.4 Å². The summed E-state index contributed by atoms with van der Waals surface area (Å²) in [5, 5.41) is 6.04. The summed E-state index contributed by atoms with van der Waals surface area (Å²) >= 11 is 0. The zero-order chi connectivity index (χ0) is 15.5. The molecule has 6 heteroatoms. The van der Waals surface area contributed by atoms with Crippen molar-refractivity contribution in [2.24, 2.45) is 0 Å². The van der Waals surface area contributed by atoms with E-state index in [1.165, 1.54) is 0 Å². The predicted octanol–water partition coefficient (Wildman–Crippen LogP) is 1.48. The Morgan fingerprint density at radius 2 is 2.10 bits per heavy atom. The van der Waals surface area contributed by atoms with Gasteiger partial charge < -0.3 is 25.8 Å². The molecule has 0 unspecified atom stereocenters. The zero-order valence-corrected chi connectivity index (χ0v) is 12.8. The molecular formula is C15H25N3O3. The molecule has 0 bridgehead atoms. The molecule has 0 fully saturated rings. The summed E-state index contributed by atoms with van der Waals surface area (Å²) in [5.74, 6) is -0.161. The second-order valence-electron chi connectivity index (χ2n) is 4.53. The fourth-order valence-electron chi connectivity index (χ4n) is 1.81.